The van der Waals surface area contributed by atoms with Crippen LogP contribution >= 0.6 is 0 Å². The molecule has 0 spiro atoms. The minimum atomic E-state index is -2.37. The first-order valence-electron chi connectivity index (χ1n) is 25.5. The molecule has 3 aliphatic rings. The third-order valence-electron chi connectivity index (χ3n) is 13.3. The number of fused-ring (bicyclic) bond motifs is 2. The summed E-state index contributed by atoms with van der Waals surface area (Å²) in [5.74, 6) is -6.99. The second-order valence-corrected chi connectivity index (χ2v) is 20.1. The third-order valence-corrected chi connectivity index (χ3v) is 13.3. The van der Waals surface area contributed by atoms with Crippen molar-refractivity contribution in [1.82, 2.24) is 15.5 Å². The van der Waals surface area contributed by atoms with Gasteiger partial charge < -0.3 is 90.7 Å². The van der Waals surface area contributed by atoms with E-state index in [4.69, 9.17) is 18.9 Å². The van der Waals surface area contributed by atoms with E-state index in [-0.39, 0.29) is 25.2 Å². The Kier molecular flexibility index (Phi) is 28.1. The van der Waals surface area contributed by atoms with E-state index in [9.17, 15) is 70.6 Å². The number of cyclic esters (lactones) is 1. The number of carbonyl (C=O) groups excluding carboxylic acids is 2. The van der Waals surface area contributed by atoms with Gasteiger partial charge in [-0.05, 0) is 60.2 Å². The summed E-state index contributed by atoms with van der Waals surface area (Å²) in [6.07, 6.45) is 2.82. The predicted octanol–water partition coefficient (Wildman–Crippen LogP) is 1.00. The minimum absolute atomic E-state index is 0.123. The maximum Gasteiger partial charge on any atom is 0.315 e. The van der Waals surface area contributed by atoms with Crippen molar-refractivity contribution < 1.29 is 89.5 Å². The SMILES string of the molecule is C[C@@H]1[C@H](O)[C@@H](C)\C=C/C=C\C=C/C=C\C=C/C=C\C=C/[C@H](O[C@@H]2O[C@H](C)[C@@H](O)[C@H](NC(=O)NCCCN(C)C)[C@@H]2O)C[C@@H]2O[C@](O)(C[C@@H](O)C[C@@H](O)[C@H](O)CC[C@@H](O)C[C@@H](O)CC(=O)O[C@H]1C)C[C@H](O)[C@H]2C(=O)O. The second kappa shape index (κ2) is 32.4. The lowest BCUT2D eigenvalue weighted by molar-refractivity contribution is -0.309. The number of carboxylic acids is 1. The molecule has 0 saturated carbocycles. The van der Waals surface area contributed by atoms with E-state index in [2.05, 4.69) is 10.6 Å². The molecule has 0 aromatic carbocycles. The number of allylic oxidation sites excluding steroid dienone is 12. The maximum absolute atomic E-state index is 12.9. The number of urea groups is 1. The van der Waals surface area contributed by atoms with Crippen LogP contribution in [-0.4, -0.2) is 204 Å². The first kappa shape index (κ1) is 64.1. The number of ether oxygens (including phenoxy) is 4. The molecule has 0 radical (unpaired) electrons. The van der Waals surface area contributed by atoms with Crippen molar-refractivity contribution in [3.8, 4) is 0 Å². The molecular weight excluding hydrogens is 967 g/mol. The van der Waals surface area contributed by atoms with E-state index in [1.807, 2.05) is 32.0 Å². The summed E-state index contributed by atoms with van der Waals surface area (Å²) in [6, 6.07) is -1.93. The standard InChI is InChI=1S/C53H85N3O18/c1-32-20-17-15-13-11-9-7-8-10-12-14-16-18-21-39(73-51-49(66)46(48(65)35(4)72-51)55-52(69)54-24-19-25-56(5)6)29-43-45(50(67)68)42(62)31-53(70,74-43)30-38(59)27-41(61)40(60)23-22-36(57)26-37(58)28-44(63)71-34(3)33(2)47(32)64/h7-18,20-21,32-43,45-49,51,57-62,64-66,70H,19,22-31H2,1-6H3,(H,67,68)(H2,54,55,69)/b8-7-,11-9-,12-10-,15-13-,16-14-,20-17-,21-18-/t32-,33-,34-,35+,36+,37+,38-,39-,40+,41+,42-,43-,45+,46-,47+,48+,49-,51-,53+/m0/s1. The number of nitrogens with one attached hydrogen (secondary N) is 2. The van der Waals surface area contributed by atoms with Crippen LogP contribution < -0.4 is 10.6 Å². The molecule has 3 rings (SSSR count). The van der Waals surface area contributed by atoms with E-state index in [1.54, 1.807) is 86.8 Å². The Morgan fingerprint density at radius 3 is 1.89 bits per heavy atom. The Balaban J connectivity index is 1.91. The Hall–Kier alpha value is -4.17. The van der Waals surface area contributed by atoms with Crippen LogP contribution in [0, 0.1) is 17.8 Å². The topological polar surface area (TPSA) is 338 Å². The average Bonchev–Trinajstić information content (AvgIpc) is 3.30. The molecule has 21 heteroatoms. The van der Waals surface area contributed by atoms with Crippen molar-refractivity contribution in [2.45, 2.75) is 183 Å². The van der Waals surface area contributed by atoms with Gasteiger partial charge >= 0.3 is 18.0 Å². The van der Waals surface area contributed by atoms with Gasteiger partial charge in [0.25, 0.3) is 0 Å². The van der Waals surface area contributed by atoms with Crippen LogP contribution in [0.25, 0.3) is 0 Å². The monoisotopic (exact) mass is 1050 g/mol. The van der Waals surface area contributed by atoms with Gasteiger partial charge in [0.15, 0.2) is 12.1 Å². The molecule has 0 unspecified atom stereocenters. The van der Waals surface area contributed by atoms with Crippen molar-refractivity contribution in [3.63, 3.8) is 0 Å². The van der Waals surface area contributed by atoms with E-state index >= 15 is 0 Å². The molecule has 2 saturated heterocycles. The number of amides is 2. The smallest absolute Gasteiger partial charge is 0.315 e. The second-order valence-electron chi connectivity index (χ2n) is 20.1. The average molecular weight is 1050 g/mol. The number of carboxylic acid groups (broad SMARTS) is 1. The highest BCUT2D eigenvalue weighted by Crippen LogP contribution is 2.38. The minimum Gasteiger partial charge on any atom is -0.481 e. The molecule has 3 heterocycles. The Bertz CT molecular complexity index is 1910. The van der Waals surface area contributed by atoms with Gasteiger partial charge in [0, 0.05) is 44.1 Å². The first-order chi connectivity index (χ1) is 34.9. The summed E-state index contributed by atoms with van der Waals surface area (Å²) in [5.41, 5.74) is 0. The molecule has 2 amide bonds. The van der Waals surface area contributed by atoms with Gasteiger partial charge in [-0.2, -0.15) is 0 Å². The quantitative estimate of drug-likeness (QED) is 0.119. The molecule has 2 bridgehead atoms. The van der Waals surface area contributed by atoms with Crippen molar-refractivity contribution in [2.75, 3.05) is 27.2 Å². The van der Waals surface area contributed by atoms with E-state index in [0.29, 0.717) is 19.5 Å². The van der Waals surface area contributed by atoms with Gasteiger partial charge in [0.2, 0.25) is 0 Å². The fourth-order valence-electron chi connectivity index (χ4n) is 8.91. The number of nitrogens with zero attached hydrogens (tertiary/aromatic N) is 1. The van der Waals surface area contributed by atoms with Crippen LogP contribution in [0.5, 0.6) is 0 Å². The number of aliphatic carboxylic acids is 1. The number of carbonyl (C=O) groups is 3. The predicted molar refractivity (Wildman–Crippen MR) is 273 cm³/mol. The van der Waals surface area contributed by atoms with Gasteiger partial charge in [0.05, 0.1) is 73.5 Å². The highest BCUT2D eigenvalue weighted by molar-refractivity contribution is 5.74. The van der Waals surface area contributed by atoms with Crippen LogP contribution in [0.2, 0.25) is 0 Å². The number of esters is 1. The van der Waals surface area contributed by atoms with Gasteiger partial charge in [-0.25, -0.2) is 4.79 Å². The number of hydrogen-bond acceptors (Lipinski definition) is 18. The summed E-state index contributed by atoms with van der Waals surface area (Å²) in [7, 11) is 3.78. The van der Waals surface area contributed by atoms with Gasteiger partial charge in [0.1, 0.15) is 24.2 Å². The normalized spacial score (nSPS) is 41.3. The molecule has 0 aromatic heterocycles. The van der Waals surface area contributed by atoms with Gasteiger partial charge in [-0.15, -0.1) is 0 Å². The van der Waals surface area contributed by atoms with Crippen LogP contribution in [-0.2, 0) is 28.5 Å². The van der Waals surface area contributed by atoms with Crippen molar-refractivity contribution in [3.05, 3.63) is 85.1 Å². The number of hydrogen-bond donors (Lipinski definition) is 13. The van der Waals surface area contributed by atoms with Crippen molar-refractivity contribution in [1.29, 1.82) is 0 Å². The van der Waals surface area contributed by atoms with Crippen molar-refractivity contribution in [2.24, 2.45) is 17.8 Å². The lowest BCUT2D eigenvalue weighted by Gasteiger charge is -2.45. The van der Waals surface area contributed by atoms with Gasteiger partial charge in [-0.3, -0.25) is 9.59 Å². The van der Waals surface area contributed by atoms with E-state index in [0.717, 1.165) is 0 Å². The molecule has 0 aliphatic carbocycles. The van der Waals surface area contributed by atoms with Gasteiger partial charge in [-0.1, -0.05) is 98.9 Å². The Morgan fingerprint density at radius 1 is 0.703 bits per heavy atom. The molecule has 420 valence electrons. The van der Waals surface area contributed by atoms with Crippen LogP contribution in [0.3, 0.4) is 0 Å². The van der Waals surface area contributed by atoms with Crippen molar-refractivity contribution >= 4 is 18.0 Å². The summed E-state index contributed by atoms with van der Waals surface area (Å²) in [5, 5.41) is 126. The Labute approximate surface area is 434 Å². The molecule has 3 aliphatic heterocycles. The largest absolute Gasteiger partial charge is 0.481 e. The molecule has 74 heavy (non-hydrogen) atoms. The highest BCUT2D eigenvalue weighted by Gasteiger charge is 2.51. The zero-order valence-electron chi connectivity index (χ0n) is 43.5. The zero-order chi connectivity index (χ0) is 55.1. The van der Waals surface area contributed by atoms with E-state index in [1.165, 1.54) is 13.0 Å². The number of aliphatic hydroxyl groups is 10. The van der Waals surface area contributed by atoms with Crippen LogP contribution in [0.1, 0.15) is 85.5 Å². The lowest BCUT2D eigenvalue weighted by Crippen LogP contribution is -2.65. The maximum atomic E-state index is 12.9. The molecular formula is C53H85N3O18. The summed E-state index contributed by atoms with van der Waals surface area (Å²) < 4.78 is 23.6. The first-order valence-corrected chi connectivity index (χ1v) is 25.5. The zero-order valence-corrected chi connectivity index (χ0v) is 43.5. The molecule has 21 nitrogen and oxygen atoms in total. The summed E-state index contributed by atoms with van der Waals surface area (Å²) in [4.78, 5) is 40.1. The summed E-state index contributed by atoms with van der Waals surface area (Å²) in [6.45, 7) is 7.72. The molecule has 19 atom stereocenters. The number of rotatable bonds is 8. The molecule has 2 fully saturated rings. The number of aliphatic hydroxyl groups excluding tert-OH is 9. The third kappa shape index (κ3) is 22.6. The van der Waals surface area contributed by atoms with Crippen LogP contribution in [0.4, 0.5) is 4.79 Å². The summed E-state index contributed by atoms with van der Waals surface area (Å²) >= 11 is 0. The fourth-order valence-corrected chi connectivity index (χ4v) is 8.91. The van der Waals surface area contributed by atoms with Crippen LogP contribution in [0.15, 0.2) is 85.1 Å². The molecule has 13 N–H and O–H groups in total. The highest BCUT2D eigenvalue weighted by atomic mass is 16.7. The lowest BCUT2D eigenvalue weighted by atomic mass is 9.82. The van der Waals surface area contributed by atoms with E-state index < -0.39 is 159 Å². The Morgan fingerprint density at radius 2 is 1.30 bits per heavy atom. The molecule has 0 aromatic rings. The fraction of sp³-hybridized carbons (Fsp3) is 0.679.